The van der Waals surface area contributed by atoms with Crippen molar-refractivity contribution in [2.24, 2.45) is 0 Å². The number of carbonyl (C=O) groups excluding carboxylic acids is 1. The Labute approximate surface area is 195 Å². The summed E-state index contributed by atoms with van der Waals surface area (Å²) in [6.45, 7) is 3.78. The molecule has 0 fully saturated rings. The van der Waals surface area contributed by atoms with Crippen LogP contribution in [0, 0.1) is 0 Å². The van der Waals surface area contributed by atoms with Gasteiger partial charge in [0, 0.05) is 33.9 Å². The molecule has 7 nitrogen and oxygen atoms in total. The first-order chi connectivity index (χ1) is 14.5. The number of amides is 1. The third-order valence-corrected chi connectivity index (χ3v) is 6.51. The highest BCUT2D eigenvalue weighted by atomic mass is 35.5. The van der Waals surface area contributed by atoms with Gasteiger partial charge in [0.05, 0.1) is 12.1 Å². The van der Waals surface area contributed by atoms with Crippen LogP contribution in [0.2, 0.25) is 15.1 Å². The van der Waals surface area contributed by atoms with E-state index in [1.165, 1.54) is 31.5 Å². The fraction of sp³-hybridized carbons (Fsp3) is 0.200. The third-order valence-electron chi connectivity index (χ3n) is 4.26. The second kappa shape index (κ2) is 9.08. The van der Waals surface area contributed by atoms with Gasteiger partial charge in [-0.1, -0.05) is 48.7 Å². The molecular weight excluding hydrogens is 485 g/mol. The van der Waals surface area contributed by atoms with Crippen molar-refractivity contribution in [3.63, 3.8) is 0 Å². The maximum atomic E-state index is 12.8. The third kappa shape index (κ3) is 5.15. The number of benzene rings is 2. The Bertz CT molecular complexity index is 1240. The summed E-state index contributed by atoms with van der Waals surface area (Å²) in [5.41, 5.74) is 0.494. The van der Waals surface area contributed by atoms with Crippen LogP contribution in [0.5, 0.6) is 5.75 Å². The number of rotatable bonds is 6. The Morgan fingerprint density at radius 3 is 2.32 bits per heavy atom. The number of carbonyl (C=O) groups is 1. The van der Waals surface area contributed by atoms with Gasteiger partial charge in [0.15, 0.2) is 0 Å². The van der Waals surface area contributed by atoms with Crippen LogP contribution in [0.4, 0.5) is 0 Å². The molecule has 0 saturated heterocycles. The van der Waals surface area contributed by atoms with Gasteiger partial charge in [-0.15, -0.1) is 0 Å². The van der Waals surface area contributed by atoms with E-state index in [0.717, 1.165) is 0 Å². The number of sulfonamides is 1. The molecule has 1 amide bonds. The molecule has 0 radical (unpaired) electrons. The fourth-order valence-corrected chi connectivity index (χ4v) is 4.83. The zero-order chi connectivity index (χ0) is 22.9. The number of hydrogen-bond acceptors (Lipinski definition) is 5. The molecule has 2 aromatic carbocycles. The van der Waals surface area contributed by atoms with Gasteiger partial charge in [0.1, 0.15) is 22.2 Å². The van der Waals surface area contributed by atoms with Crippen LogP contribution in [-0.4, -0.2) is 31.0 Å². The van der Waals surface area contributed by atoms with E-state index in [4.69, 9.17) is 39.5 Å². The van der Waals surface area contributed by atoms with Crippen molar-refractivity contribution in [1.82, 2.24) is 14.3 Å². The van der Waals surface area contributed by atoms with Crippen molar-refractivity contribution < 1.29 is 17.9 Å². The summed E-state index contributed by atoms with van der Waals surface area (Å²) in [5.74, 6) is -0.182. The van der Waals surface area contributed by atoms with Gasteiger partial charge in [-0.2, -0.15) is 0 Å². The lowest BCUT2D eigenvalue weighted by atomic mass is 10.2. The second-order valence-electron chi connectivity index (χ2n) is 6.87. The summed E-state index contributed by atoms with van der Waals surface area (Å²) in [6, 6.07) is 9.01. The highest BCUT2D eigenvalue weighted by molar-refractivity contribution is 7.90. The van der Waals surface area contributed by atoms with E-state index in [2.05, 4.69) is 4.98 Å². The van der Waals surface area contributed by atoms with Crippen molar-refractivity contribution in [1.29, 1.82) is 0 Å². The zero-order valence-electron chi connectivity index (χ0n) is 16.7. The molecule has 164 valence electrons. The molecule has 1 aromatic heterocycles. The Kier molecular flexibility index (Phi) is 6.85. The number of methoxy groups -OCH3 is 1. The normalized spacial score (nSPS) is 11.6. The Morgan fingerprint density at radius 1 is 1.10 bits per heavy atom. The van der Waals surface area contributed by atoms with Crippen LogP contribution in [0.3, 0.4) is 0 Å². The molecule has 0 bridgehead atoms. The highest BCUT2D eigenvalue weighted by Gasteiger charge is 2.25. The van der Waals surface area contributed by atoms with E-state index in [1.54, 1.807) is 22.8 Å². The summed E-state index contributed by atoms with van der Waals surface area (Å²) >= 11 is 18.2. The molecule has 0 aliphatic rings. The maximum absolute atomic E-state index is 12.8. The van der Waals surface area contributed by atoms with Crippen molar-refractivity contribution in [3.8, 4) is 11.4 Å². The minimum absolute atomic E-state index is 0.0527. The lowest BCUT2D eigenvalue weighted by Gasteiger charge is -2.10. The first-order valence-electron chi connectivity index (χ1n) is 8.98. The SMILES string of the molecule is COc1ccc(Cl)c(S(=O)(=O)NC(=O)c2cn(-c3cc(Cl)cc(Cl)c3)c(C(C)C)n2)c1. The largest absolute Gasteiger partial charge is 0.497 e. The van der Waals surface area contributed by atoms with Gasteiger partial charge in [0.2, 0.25) is 0 Å². The predicted molar refractivity (Wildman–Crippen MR) is 120 cm³/mol. The van der Waals surface area contributed by atoms with E-state index in [0.29, 0.717) is 21.6 Å². The average Bonchev–Trinajstić information content (AvgIpc) is 3.13. The molecule has 11 heteroatoms. The molecule has 0 aliphatic heterocycles. The number of nitrogens with zero attached hydrogens (tertiary/aromatic N) is 2. The van der Waals surface area contributed by atoms with E-state index < -0.39 is 15.9 Å². The molecule has 31 heavy (non-hydrogen) atoms. The fourth-order valence-electron chi connectivity index (χ4n) is 2.84. The van der Waals surface area contributed by atoms with Crippen molar-refractivity contribution in [2.45, 2.75) is 24.7 Å². The summed E-state index contributed by atoms with van der Waals surface area (Å²) in [7, 11) is -2.89. The van der Waals surface area contributed by atoms with Crippen molar-refractivity contribution in [2.75, 3.05) is 7.11 Å². The predicted octanol–water partition coefficient (Wildman–Crippen LogP) is 5.08. The van der Waals surface area contributed by atoms with Crippen LogP contribution in [0.1, 0.15) is 36.1 Å². The molecule has 0 spiro atoms. The van der Waals surface area contributed by atoms with Crippen LogP contribution in [0.15, 0.2) is 47.5 Å². The first kappa shape index (κ1) is 23.4. The Hall–Kier alpha value is -2.26. The highest BCUT2D eigenvalue weighted by Crippen LogP contribution is 2.28. The van der Waals surface area contributed by atoms with Crippen LogP contribution in [0.25, 0.3) is 5.69 Å². The Morgan fingerprint density at radius 2 is 1.74 bits per heavy atom. The minimum atomic E-state index is -4.28. The monoisotopic (exact) mass is 501 g/mol. The number of imidazole rings is 1. The van der Waals surface area contributed by atoms with Crippen LogP contribution < -0.4 is 9.46 Å². The molecule has 0 saturated carbocycles. The molecular formula is C20H18Cl3N3O4S. The molecule has 3 rings (SSSR count). The lowest BCUT2D eigenvalue weighted by Crippen LogP contribution is -2.31. The number of nitrogens with one attached hydrogen (secondary N) is 1. The summed E-state index contributed by atoms with van der Waals surface area (Å²) < 4.78 is 34.2. The summed E-state index contributed by atoms with van der Waals surface area (Å²) in [6.07, 6.45) is 1.43. The van der Waals surface area contributed by atoms with Gasteiger partial charge >= 0.3 is 0 Å². The molecule has 1 heterocycles. The smallest absolute Gasteiger partial charge is 0.285 e. The summed E-state index contributed by atoms with van der Waals surface area (Å²) in [4.78, 5) is 16.8. The van der Waals surface area contributed by atoms with Gasteiger partial charge < -0.3 is 9.30 Å². The van der Waals surface area contributed by atoms with Crippen LogP contribution in [-0.2, 0) is 10.0 Å². The second-order valence-corrected chi connectivity index (χ2v) is 9.80. The molecule has 0 aliphatic carbocycles. The summed E-state index contributed by atoms with van der Waals surface area (Å²) in [5, 5.41) is 0.766. The number of ether oxygens (including phenoxy) is 1. The van der Waals surface area contributed by atoms with E-state index in [1.807, 2.05) is 18.6 Å². The maximum Gasteiger partial charge on any atom is 0.285 e. The molecule has 0 unspecified atom stereocenters. The number of aromatic nitrogens is 2. The molecule has 1 N–H and O–H groups in total. The standard InChI is InChI=1S/C20H18Cl3N3O4S/c1-11(2)19-24-17(10-26(19)14-7-12(21)6-13(22)8-14)20(27)25-31(28,29)18-9-15(30-3)4-5-16(18)23/h4-11H,1-3H3,(H,25,27). The topological polar surface area (TPSA) is 90.3 Å². The first-order valence-corrected chi connectivity index (χ1v) is 11.6. The van der Waals surface area contributed by atoms with E-state index >= 15 is 0 Å². The van der Waals surface area contributed by atoms with Crippen molar-refractivity contribution in [3.05, 3.63) is 69.2 Å². The van der Waals surface area contributed by atoms with E-state index in [9.17, 15) is 13.2 Å². The molecule has 0 atom stereocenters. The number of halogens is 3. The van der Waals surface area contributed by atoms with Gasteiger partial charge in [-0.05, 0) is 30.3 Å². The molecule has 3 aromatic rings. The Balaban J connectivity index is 1.99. The van der Waals surface area contributed by atoms with E-state index in [-0.39, 0.29) is 27.3 Å². The quantitative estimate of drug-likeness (QED) is 0.507. The lowest BCUT2D eigenvalue weighted by molar-refractivity contribution is 0.0977. The minimum Gasteiger partial charge on any atom is -0.497 e. The van der Waals surface area contributed by atoms with Gasteiger partial charge in [0.25, 0.3) is 15.9 Å². The average molecular weight is 503 g/mol. The van der Waals surface area contributed by atoms with Gasteiger partial charge in [-0.25, -0.2) is 18.1 Å². The van der Waals surface area contributed by atoms with Crippen molar-refractivity contribution >= 4 is 50.7 Å². The number of hydrogen-bond donors (Lipinski definition) is 1. The van der Waals surface area contributed by atoms with Crippen LogP contribution >= 0.6 is 34.8 Å². The van der Waals surface area contributed by atoms with Gasteiger partial charge in [-0.3, -0.25) is 4.79 Å². The zero-order valence-corrected chi connectivity index (χ0v) is 19.8.